The SMILES string of the molecule is COc1ccc2c(c1)CCN1[C@H](c3ccccc3)c3c(O)c(OC)cc(Br)c3C[C@@H]21. The Morgan fingerprint density at radius 1 is 1.03 bits per heavy atom. The van der Waals surface area contributed by atoms with Gasteiger partial charge in [-0.3, -0.25) is 4.90 Å². The Balaban J connectivity index is 1.72. The van der Waals surface area contributed by atoms with Crippen molar-refractivity contribution in [2.45, 2.75) is 24.9 Å². The van der Waals surface area contributed by atoms with E-state index in [1.165, 1.54) is 16.7 Å². The number of fused-ring (bicyclic) bond motifs is 4. The highest BCUT2D eigenvalue weighted by atomic mass is 79.9. The molecule has 0 fully saturated rings. The summed E-state index contributed by atoms with van der Waals surface area (Å²) in [7, 11) is 3.31. The van der Waals surface area contributed by atoms with Crippen LogP contribution in [0.25, 0.3) is 0 Å². The van der Waals surface area contributed by atoms with Gasteiger partial charge in [-0.1, -0.05) is 52.3 Å². The van der Waals surface area contributed by atoms with Gasteiger partial charge < -0.3 is 14.6 Å². The normalized spacial score (nSPS) is 20.1. The molecule has 2 heterocycles. The van der Waals surface area contributed by atoms with E-state index < -0.39 is 0 Å². The van der Waals surface area contributed by atoms with Gasteiger partial charge in [0, 0.05) is 22.6 Å². The molecule has 2 aliphatic heterocycles. The smallest absolute Gasteiger partial charge is 0.163 e. The van der Waals surface area contributed by atoms with Gasteiger partial charge in [0.1, 0.15) is 5.75 Å². The average molecular weight is 466 g/mol. The number of methoxy groups -OCH3 is 2. The van der Waals surface area contributed by atoms with Gasteiger partial charge in [-0.2, -0.15) is 0 Å². The quantitative estimate of drug-likeness (QED) is 0.560. The first-order chi connectivity index (χ1) is 14.6. The van der Waals surface area contributed by atoms with Crippen LogP contribution < -0.4 is 9.47 Å². The number of rotatable bonds is 3. The van der Waals surface area contributed by atoms with Gasteiger partial charge in [0.2, 0.25) is 0 Å². The van der Waals surface area contributed by atoms with Crippen LogP contribution in [0.15, 0.2) is 59.1 Å². The van der Waals surface area contributed by atoms with Gasteiger partial charge in [-0.25, -0.2) is 0 Å². The highest BCUT2D eigenvalue weighted by Crippen LogP contribution is 2.53. The molecule has 0 radical (unpaired) electrons. The third kappa shape index (κ3) is 2.99. The fourth-order valence-electron chi connectivity index (χ4n) is 5.06. The van der Waals surface area contributed by atoms with Gasteiger partial charge in [-0.05, 0) is 53.3 Å². The summed E-state index contributed by atoms with van der Waals surface area (Å²) in [6.45, 7) is 0.915. The van der Waals surface area contributed by atoms with Crippen LogP contribution in [0, 0.1) is 0 Å². The van der Waals surface area contributed by atoms with Gasteiger partial charge in [0.05, 0.1) is 20.3 Å². The van der Waals surface area contributed by atoms with Crippen molar-refractivity contribution in [3.05, 3.63) is 86.9 Å². The first kappa shape index (κ1) is 19.5. The highest BCUT2D eigenvalue weighted by molar-refractivity contribution is 9.10. The van der Waals surface area contributed by atoms with Gasteiger partial charge in [-0.15, -0.1) is 0 Å². The molecule has 0 amide bonds. The molecule has 1 N–H and O–H groups in total. The molecular weight excluding hydrogens is 442 g/mol. The van der Waals surface area contributed by atoms with E-state index in [2.05, 4.69) is 63.3 Å². The number of ether oxygens (including phenoxy) is 2. The fraction of sp³-hybridized carbons (Fsp3) is 0.280. The first-order valence-electron chi connectivity index (χ1n) is 10.2. The molecule has 30 heavy (non-hydrogen) atoms. The molecule has 0 unspecified atom stereocenters. The van der Waals surface area contributed by atoms with Crippen LogP contribution in [0.4, 0.5) is 0 Å². The molecule has 0 bridgehead atoms. The van der Waals surface area contributed by atoms with E-state index in [1.54, 1.807) is 14.2 Å². The van der Waals surface area contributed by atoms with E-state index in [-0.39, 0.29) is 17.8 Å². The Kier molecular flexibility index (Phi) is 4.95. The van der Waals surface area contributed by atoms with Gasteiger partial charge in [0.25, 0.3) is 0 Å². The Morgan fingerprint density at radius 3 is 2.57 bits per heavy atom. The second kappa shape index (κ2) is 7.64. The number of nitrogens with zero attached hydrogens (tertiary/aromatic N) is 1. The summed E-state index contributed by atoms with van der Waals surface area (Å²) < 4.78 is 11.9. The molecule has 0 spiro atoms. The number of hydrogen-bond acceptors (Lipinski definition) is 4. The van der Waals surface area contributed by atoms with E-state index in [1.807, 2.05) is 12.1 Å². The molecular formula is C25H24BrNO3. The van der Waals surface area contributed by atoms with E-state index in [0.717, 1.165) is 40.7 Å². The summed E-state index contributed by atoms with van der Waals surface area (Å²) in [5.41, 5.74) is 5.96. The highest BCUT2D eigenvalue weighted by Gasteiger charge is 2.42. The molecule has 5 heteroatoms. The zero-order valence-electron chi connectivity index (χ0n) is 17.1. The third-order valence-electron chi connectivity index (χ3n) is 6.45. The number of phenolic OH excluding ortho intramolecular Hbond substituents is 1. The van der Waals surface area contributed by atoms with Crippen LogP contribution in [-0.2, 0) is 12.8 Å². The molecule has 0 aliphatic carbocycles. The van der Waals surface area contributed by atoms with Crippen molar-refractivity contribution >= 4 is 15.9 Å². The molecule has 0 aromatic heterocycles. The van der Waals surface area contributed by atoms with Crippen molar-refractivity contribution in [1.29, 1.82) is 0 Å². The lowest BCUT2D eigenvalue weighted by atomic mass is 9.78. The Morgan fingerprint density at radius 2 is 1.83 bits per heavy atom. The molecule has 2 aliphatic rings. The zero-order chi connectivity index (χ0) is 20.8. The third-order valence-corrected chi connectivity index (χ3v) is 7.15. The molecule has 154 valence electrons. The molecule has 5 rings (SSSR count). The number of benzene rings is 3. The summed E-state index contributed by atoms with van der Waals surface area (Å²) in [4.78, 5) is 2.53. The maximum atomic E-state index is 11.2. The minimum Gasteiger partial charge on any atom is -0.504 e. The summed E-state index contributed by atoms with van der Waals surface area (Å²) >= 11 is 3.76. The molecule has 0 saturated carbocycles. The van der Waals surface area contributed by atoms with Crippen LogP contribution in [0.3, 0.4) is 0 Å². The molecule has 3 aromatic rings. The molecule has 3 aromatic carbocycles. The van der Waals surface area contributed by atoms with Crippen molar-refractivity contribution in [1.82, 2.24) is 4.90 Å². The standard InChI is InChI=1S/C25H24BrNO3/c1-29-17-8-9-18-16(12-17)10-11-27-21(18)13-19-20(26)14-22(30-2)25(28)23(19)24(27)15-6-4-3-5-7-15/h3-9,12,14,21,24,28H,10-11,13H2,1-2H3/t21-,24+/m0/s1. The summed E-state index contributed by atoms with van der Waals surface area (Å²) in [5, 5.41) is 11.2. The zero-order valence-corrected chi connectivity index (χ0v) is 18.6. The second-order valence-electron chi connectivity index (χ2n) is 7.89. The van der Waals surface area contributed by atoms with Gasteiger partial charge in [0.15, 0.2) is 11.5 Å². The largest absolute Gasteiger partial charge is 0.504 e. The maximum Gasteiger partial charge on any atom is 0.163 e. The lowest BCUT2D eigenvalue weighted by Crippen LogP contribution is -2.43. The van der Waals surface area contributed by atoms with E-state index >= 15 is 0 Å². The predicted octanol–water partition coefficient (Wildman–Crippen LogP) is 5.42. The number of hydrogen-bond donors (Lipinski definition) is 1. The van der Waals surface area contributed by atoms with Crippen LogP contribution >= 0.6 is 15.9 Å². The summed E-state index contributed by atoms with van der Waals surface area (Å²) in [5.74, 6) is 1.65. The van der Waals surface area contributed by atoms with Crippen LogP contribution in [0.2, 0.25) is 0 Å². The minimum atomic E-state index is -0.0402. The number of aromatic hydroxyl groups is 1. The van der Waals surface area contributed by atoms with Crippen molar-refractivity contribution in [2.75, 3.05) is 20.8 Å². The fourth-order valence-corrected chi connectivity index (χ4v) is 5.64. The summed E-state index contributed by atoms with van der Waals surface area (Å²) in [6.07, 6.45) is 1.78. The van der Waals surface area contributed by atoms with Crippen LogP contribution in [-0.4, -0.2) is 30.8 Å². The predicted molar refractivity (Wildman–Crippen MR) is 120 cm³/mol. The topological polar surface area (TPSA) is 41.9 Å². The number of phenols is 1. The monoisotopic (exact) mass is 465 g/mol. The van der Waals surface area contributed by atoms with Gasteiger partial charge >= 0.3 is 0 Å². The van der Waals surface area contributed by atoms with Crippen LogP contribution in [0.1, 0.15) is 39.9 Å². The van der Waals surface area contributed by atoms with Crippen molar-refractivity contribution in [2.24, 2.45) is 0 Å². The van der Waals surface area contributed by atoms with E-state index in [4.69, 9.17) is 9.47 Å². The van der Waals surface area contributed by atoms with Crippen molar-refractivity contribution < 1.29 is 14.6 Å². The first-order valence-corrected chi connectivity index (χ1v) is 11.0. The van der Waals surface area contributed by atoms with Crippen molar-refractivity contribution in [3.8, 4) is 17.2 Å². The molecule has 4 nitrogen and oxygen atoms in total. The second-order valence-corrected chi connectivity index (χ2v) is 8.74. The minimum absolute atomic E-state index is 0.0402. The Labute approximate surface area is 185 Å². The van der Waals surface area contributed by atoms with E-state index in [9.17, 15) is 5.11 Å². The average Bonchev–Trinajstić information content (AvgIpc) is 2.80. The Bertz CT molecular complexity index is 1100. The molecule has 0 saturated heterocycles. The lowest BCUT2D eigenvalue weighted by molar-refractivity contribution is 0.126. The number of halogens is 1. The Hall–Kier alpha value is -2.50. The van der Waals surface area contributed by atoms with E-state index in [0.29, 0.717) is 5.75 Å². The summed E-state index contributed by atoms with van der Waals surface area (Å²) in [6, 6.07) is 18.9. The van der Waals surface area contributed by atoms with Crippen molar-refractivity contribution in [3.63, 3.8) is 0 Å². The lowest BCUT2D eigenvalue weighted by Gasteiger charge is -2.47. The maximum absolute atomic E-state index is 11.2. The molecule has 2 atom stereocenters. The van der Waals surface area contributed by atoms with Crippen LogP contribution in [0.5, 0.6) is 17.2 Å².